The second-order valence-electron chi connectivity index (χ2n) is 7.96. The molecule has 3 rings (SSSR count). The third-order valence-corrected chi connectivity index (χ3v) is 6.96. The monoisotopic (exact) mass is 438 g/mol. The zero-order chi connectivity index (χ0) is 21.3. The molecule has 0 unspecified atom stereocenters. The van der Waals surface area contributed by atoms with Crippen LogP contribution < -0.4 is 15.4 Å². The van der Waals surface area contributed by atoms with Gasteiger partial charge in [-0.25, -0.2) is 9.97 Å². The van der Waals surface area contributed by atoms with Gasteiger partial charge in [0.1, 0.15) is 16.5 Å². The summed E-state index contributed by atoms with van der Waals surface area (Å²) in [7, 11) is 1.54. The minimum Gasteiger partial charge on any atom is -0.495 e. The standard InChI is InChI=1S/C21H28Cl2N4O2/c1-12-19(14-5-6-16(29-4)18(23)17(14)22)26-15(11-28)20(25-12)27-9-7-21(3,8-10-27)13(2)24/h5-6,13,28H,7-11,24H2,1-4H3/t13-/m0/s1. The van der Waals surface area contributed by atoms with Crippen LogP contribution in [0.2, 0.25) is 10.0 Å². The number of methoxy groups -OCH3 is 1. The Balaban J connectivity index is 1.97. The molecule has 0 spiro atoms. The molecule has 2 heterocycles. The van der Waals surface area contributed by atoms with Crippen LogP contribution in [0.3, 0.4) is 0 Å². The van der Waals surface area contributed by atoms with E-state index in [1.807, 2.05) is 6.92 Å². The van der Waals surface area contributed by atoms with Crippen molar-refractivity contribution in [3.8, 4) is 17.0 Å². The van der Waals surface area contributed by atoms with Crippen molar-refractivity contribution < 1.29 is 9.84 Å². The van der Waals surface area contributed by atoms with Gasteiger partial charge >= 0.3 is 0 Å². The Bertz CT molecular complexity index is 897. The van der Waals surface area contributed by atoms with Gasteiger partial charge in [0.05, 0.1) is 30.1 Å². The third-order valence-electron chi connectivity index (χ3n) is 6.10. The Morgan fingerprint density at radius 3 is 2.45 bits per heavy atom. The largest absolute Gasteiger partial charge is 0.495 e. The van der Waals surface area contributed by atoms with E-state index in [1.54, 1.807) is 12.1 Å². The van der Waals surface area contributed by atoms with Crippen LogP contribution in [-0.2, 0) is 6.61 Å². The van der Waals surface area contributed by atoms with Crippen molar-refractivity contribution in [3.63, 3.8) is 0 Å². The quantitative estimate of drug-likeness (QED) is 0.726. The van der Waals surface area contributed by atoms with E-state index in [9.17, 15) is 5.11 Å². The first-order valence-corrected chi connectivity index (χ1v) is 10.5. The van der Waals surface area contributed by atoms with Crippen LogP contribution in [0.4, 0.5) is 5.82 Å². The van der Waals surface area contributed by atoms with Gasteiger partial charge < -0.3 is 20.5 Å². The van der Waals surface area contributed by atoms with Crippen molar-refractivity contribution in [2.45, 2.75) is 46.3 Å². The molecule has 1 fully saturated rings. The minimum atomic E-state index is -0.210. The molecule has 3 N–H and O–H groups in total. The maximum atomic E-state index is 9.98. The number of anilines is 1. The molecule has 0 amide bonds. The first-order chi connectivity index (χ1) is 13.7. The fraction of sp³-hybridized carbons (Fsp3) is 0.524. The Labute approximate surface area is 182 Å². The van der Waals surface area contributed by atoms with E-state index in [0.717, 1.165) is 37.4 Å². The molecule has 1 aromatic heterocycles. The summed E-state index contributed by atoms with van der Waals surface area (Å²) >= 11 is 12.8. The van der Waals surface area contributed by atoms with Gasteiger partial charge in [0.25, 0.3) is 0 Å². The molecule has 0 radical (unpaired) electrons. The maximum Gasteiger partial charge on any atom is 0.153 e. The molecule has 0 saturated carbocycles. The number of aromatic nitrogens is 2. The molecule has 0 aliphatic carbocycles. The van der Waals surface area contributed by atoms with Gasteiger partial charge in [-0.15, -0.1) is 0 Å². The molecular formula is C21H28Cl2N4O2. The molecule has 6 nitrogen and oxygen atoms in total. The minimum absolute atomic E-state index is 0.117. The second-order valence-corrected chi connectivity index (χ2v) is 8.72. The second kappa shape index (κ2) is 8.64. The van der Waals surface area contributed by atoms with Gasteiger partial charge in [0.15, 0.2) is 5.82 Å². The molecular weight excluding hydrogens is 411 g/mol. The van der Waals surface area contributed by atoms with Crippen LogP contribution in [0.25, 0.3) is 11.3 Å². The van der Waals surface area contributed by atoms with Gasteiger partial charge in [-0.05, 0) is 44.2 Å². The molecule has 8 heteroatoms. The van der Waals surface area contributed by atoms with Gasteiger partial charge in [-0.3, -0.25) is 0 Å². The molecule has 1 aliphatic heterocycles. The number of ether oxygens (including phenoxy) is 1. The Hall–Kier alpha value is -1.60. The maximum absolute atomic E-state index is 9.98. The number of aliphatic hydroxyl groups excluding tert-OH is 1. The molecule has 1 aromatic carbocycles. The van der Waals surface area contributed by atoms with Crippen LogP contribution in [-0.4, -0.2) is 41.3 Å². The number of hydrogen-bond acceptors (Lipinski definition) is 6. The third kappa shape index (κ3) is 4.17. The van der Waals surface area contributed by atoms with Crippen molar-refractivity contribution in [1.29, 1.82) is 0 Å². The number of nitrogens with zero attached hydrogens (tertiary/aromatic N) is 3. The number of aryl methyl sites for hydroxylation is 1. The van der Waals surface area contributed by atoms with Crippen molar-refractivity contribution in [1.82, 2.24) is 9.97 Å². The highest BCUT2D eigenvalue weighted by Crippen LogP contribution is 2.41. The van der Waals surface area contributed by atoms with Gasteiger partial charge in [-0.1, -0.05) is 30.1 Å². The van der Waals surface area contributed by atoms with Crippen molar-refractivity contribution >= 4 is 29.0 Å². The summed E-state index contributed by atoms with van der Waals surface area (Å²) in [5, 5.41) is 10.7. The predicted molar refractivity (Wildman–Crippen MR) is 118 cm³/mol. The van der Waals surface area contributed by atoms with Crippen LogP contribution in [0.5, 0.6) is 5.75 Å². The van der Waals surface area contributed by atoms with Crippen LogP contribution in [0.1, 0.15) is 38.1 Å². The number of benzene rings is 1. The normalized spacial score (nSPS) is 17.3. The number of nitrogens with two attached hydrogens (primary N) is 1. The van der Waals surface area contributed by atoms with Gasteiger partial charge in [0.2, 0.25) is 0 Å². The molecule has 158 valence electrons. The average Bonchev–Trinajstić information content (AvgIpc) is 2.70. The lowest BCUT2D eigenvalue weighted by Gasteiger charge is -2.42. The molecule has 0 bridgehead atoms. The lowest BCUT2D eigenvalue weighted by atomic mass is 9.75. The van der Waals surface area contributed by atoms with E-state index >= 15 is 0 Å². The molecule has 1 aliphatic rings. The summed E-state index contributed by atoms with van der Waals surface area (Å²) < 4.78 is 5.22. The number of piperidine rings is 1. The summed E-state index contributed by atoms with van der Waals surface area (Å²) in [4.78, 5) is 11.7. The zero-order valence-corrected chi connectivity index (χ0v) is 18.8. The Kier molecular flexibility index (Phi) is 6.58. The van der Waals surface area contributed by atoms with Crippen molar-refractivity contribution in [2.24, 2.45) is 11.1 Å². The summed E-state index contributed by atoms with van der Waals surface area (Å²) in [6.07, 6.45) is 1.94. The smallest absolute Gasteiger partial charge is 0.153 e. The average molecular weight is 439 g/mol. The van der Waals surface area contributed by atoms with Crippen molar-refractivity contribution in [2.75, 3.05) is 25.1 Å². The molecule has 1 atom stereocenters. The first-order valence-electron chi connectivity index (χ1n) is 9.73. The fourth-order valence-corrected chi connectivity index (χ4v) is 4.20. The zero-order valence-electron chi connectivity index (χ0n) is 17.3. The Morgan fingerprint density at radius 2 is 1.90 bits per heavy atom. The van der Waals surface area contributed by atoms with E-state index in [1.165, 1.54) is 7.11 Å². The van der Waals surface area contributed by atoms with Crippen LogP contribution >= 0.6 is 23.2 Å². The summed E-state index contributed by atoms with van der Waals surface area (Å²) in [6, 6.07) is 3.69. The number of rotatable bonds is 5. The number of hydrogen-bond donors (Lipinski definition) is 2. The van der Waals surface area contributed by atoms with Gasteiger partial charge in [-0.2, -0.15) is 0 Å². The number of aliphatic hydroxyl groups is 1. The van der Waals surface area contributed by atoms with E-state index in [2.05, 4.69) is 18.7 Å². The van der Waals surface area contributed by atoms with Crippen LogP contribution in [0, 0.1) is 12.3 Å². The molecule has 1 saturated heterocycles. The van der Waals surface area contributed by atoms with E-state index in [-0.39, 0.29) is 18.1 Å². The van der Waals surface area contributed by atoms with E-state index < -0.39 is 0 Å². The van der Waals surface area contributed by atoms with E-state index in [4.69, 9.17) is 43.6 Å². The SMILES string of the molecule is COc1ccc(-c2nc(CO)c(N3CCC(C)([C@H](C)N)CC3)nc2C)c(Cl)c1Cl. The van der Waals surface area contributed by atoms with Crippen molar-refractivity contribution in [3.05, 3.63) is 33.6 Å². The topological polar surface area (TPSA) is 84.5 Å². The highest BCUT2D eigenvalue weighted by atomic mass is 35.5. The summed E-state index contributed by atoms with van der Waals surface area (Å²) in [5.74, 6) is 1.21. The first kappa shape index (κ1) is 22.1. The molecule has 2 aromatic rings. The Morgan fingerprint density at radius 1 is 1.24 bits per heavy atom. The fourth-order valence-electron chi connectivity index (χ4n) is 3.71. The highest BCUT2D eigenvalue weighted by molar-refractivity contribution is 6.44. The summed E-state index contributed by atoms with van der Waals surface area (Å²) in [6.45, 7) is 7.63. The van der Waals surface area contributed by atoms with E-state index in [0.29, 0.717) is 32.7 Å². The highest BCUT2D eigenvalue weighted by Gasteiger charge is 2.34. The lowest BCUT2D eigenvalue weighted by molar-refractivity contribution is 0.204. The van der Waals surface area contributed by atoms with Gasteiger partial charge in [0, 0.05) is 24.7 Å². The number of halogens is 2. The summed E-state index contributed by atoms with van der Waals surface area (Å²) in [5.41, 5.74) is 8.80. The predicted octanol–water partition coefficient (Wildman–Crippen LogP) is 4.21. The molecule has 29 heavy (non-hydrogen) atoms. The van der Waals surface area contributed by atoms with Crippen LogP contribution in [0.15, 0.2) is 12.1 Å². The lowest BCUT2D eigenvalue weighted by Crippen LogP contribution is -2.47.